The number of rotatable bonds is 13. The van der Waals surface area contributed by atoms with Crippen LogP contribution in [0.4, 0.5) is 4.79 Å². The number of nitrogens with one attached hydrogen (secondary N) is 3. The van der Waals surface area contributed by atoms with Gasteiger partial charge in [-0.15, -0.1) is 0 Å². The summed E-state index contributed by atoms with van der Waals surface area (Å²) < 4.78 is 11.9. The van der Waals surface area contributed by atoms with Crippen LogP contribution in [0.2, 0.25) is 0 Å². The number of phenols is 1. The number of carbonyl (C=O) groups is 1. The summed E-state index contributed by atoms with van der Waals surface area (Å²) >= 11 is 0. The third-order valence-electron chi connectivity index (χ3n) is 8.43. The maximum absolute atomic E-state index is 11.7. The van der Waals surface area contributed by atoms with Gasteiger partial charge in [-0.2, -0.15) is 0 Å². The number of aliphatic hydroxyl groups is 1. The predicted molar refractivity (Wildman–Crippen MR) is 192 cm³/mol. The summed E-state index contributed by atoms with van der Waals surface area (Å²) in [5, 5.41) is 37.0. The minimum absolute atomic E-state index is 0.0517. The van der Waals surface area contributed by atoms with E-state index in [9.17, 15) is 24.9 Å². The van der Waals surface area contributed by atoms with Gasteiger partial charge >= 0.3 is 6.09 Å². The number of hydrogen-bond donors (Lipinski definition) is 6. The molecule has 0 spiro atoms. The van der Waals surface area contributed by atoms with Crippen LogP contribution in [0.15, 0.2) is 126 Å². The van der Waals surface area contributed by atoms with Crippen molar-refractivity contribution in [2.24, 2.45) is 0 Å². The fraction of sp³-hybridized carbons (Fsp3) is 0.150. The Hall–Kier alpha value is -6.10. The molecule has 6 rings (SSSR count). The molecule has 254 valence electrons. The number of ether oxygens (including phenoxy) is 2. The van der Waals surface area contributed by atoms with E-state index in [2.05, 4.69) is 21.7 Å². The van der Waals surface area contributed by atoms with E-state index in [1.165, 1.54) is 12.1 Å². The van der Waals surface area contributed by atoms with Gasteiger partial charge in [0.1, 0.15) is 23.9 Å². The molecule has 0 aliphatic heterocycles. The molecular formula is C40H37N3O7. The minimum Gasteiger partial charge on any atom is -0.506 e. The van der Waals surface area contributed by atoms with E-state index >= 15 is 0 Å². The SMILES string of the molecule is COc1cc(COc2cccc([C@@H](NC(=O)O)c3ccccc3)c2)ccc1-c1cccc(CNC[C@H](O)c2ccc(O)c3[nH]c(=O)ccc23)c1. The van der Waals surface area contributed by atoms with Gasteiger partial charge < -0.3 is 40.4 Å². The van der Waals surface area contributed by atoms with Crippen molar-refractivity contribution in [2.75, 3.05) is 13.7 Å². The second kappa shape index (κ2) is 15.4. The zero-order chi connectivity index (χ0) is 35.0. The number of phenolic OH excluding ortho intramolecular Hbond substituents is 1. The van der Waals surface area contributed by atoms with Crippen molar-refractivity contribution in [2.45, 2.75) is 25.3 Å². The maximum Gasteiger partial charge on any atom is 0.405 e. The number of aromatic nitrogens is 1. The van der Waals surface area contributed by atoms with E-state index in [1.54, 1.807) is 19.2 Å². The lowest BCUT2D eigenvalue weighted by atomic mass is 9.98. The first-order valence-electron chi connectivity index (χ1n) is 16.1. The Morgan fingerprint density at radius 1 is 0.840 bits per heavy atom. The summed E-state index contributed by atoms with van der Waals surface area (Å²) in [6.07, 6.45) is -1.98. The summed E-state index contributed by atoms with van der Waals surface area (Å²) in [7, 11) is 1.63. The number of benzene rings is 5. The highest BCUT2D eigenvalue weighted by Crippen LogP contribution is 2.33. The zero-order valence-corrected chi connectivity index (χ0v) is 27.3. The van der Waals surface area contributed by atoms with Gasteiger partial charge in [-0.05, 0) is 69.8 Å². The number of fused-ring (bicyclic) bond motifs is 1. The van der Waals surface area contributed by atoms with Crippen molar-refractivity contribution in [3.05, 3.63) is 159 Å². The minimum atomic E-state index is -1.11. The Balaban J connectivity index is 1.11. The zero-order valence-electron chi connectivity index (χ0n) is 27.3. The largest absolute Gasteiger partial charge is 0.506 e. The molecule has 0 radical (unpaired) electrons. The molecule has 0 fully saturated rings. The lowest BCUT2D eigenvalue weighted by molar-refractivity contribution is 0.176. The molecule has 10 heteroatoms. The molecule has 2 atom stereocenters. The Kier molecular flexibility index (Phi) is 10.4. The molecule has 50 heavy (non-hydrogen) atoms. The molecule has 0 unspecified atom stereocenters. The Bertz CT molecular complexity index is 2170. The molecule has 0 bridgehead atoms. The van der Waals surface area contributed by atoms with Crippen LogP contribution < -0.4 is 25.7 Å². The molecule has 5 aromatic carbocycles. The highest BCUT2D eigenvalue weighted by molar-refractivity contribution is 5.87. The second-order valence-electron chi connectivity index (χ2n) is 11.8. The van der Waals surface area contributed by atoms with E-state index in [0.29, 0.717) is 34.5 Å². The molecule has 1 heterocycles. The monoisotopic (exact) mass is 671 g/mol. The van der Waals surface area contributed by atoms with Gasteiger partial charge in [0, 0.05) is 30.1 Å². The molecule has 6 N–H and O–H groups in total. The Labute approximate surface area is 288 Å². The van der Waals surface area contributed by atoms with Gasteiger partial charge in [-0.3, -0.25) is 4.79 Å². The summed E-state index contributed by atoms with van der Waals surface area (Å²) in [4.78, 5) is 25.9. The van der Waals surface area contributed by atoms with Crippen molar-refractivity contribution < 1.29 is 29.6 Å². The molecule has 0 aliphatic carbocycles. The quantitative estimate of drug-likeness (QED) is 0.0797. The summed E-state index contributed by atoms with van der Waals surface area (Å²) in [5.74, 6) is 1.24. The van der Waals surface area contributed by atoms with Crippen LogP contribution in [-0.4, -0.2) is 40.1 Å². The van der Waals surface area contributed by atoms with Crippen molar-refractivity contribution in [1.29, 1.82) is 0 Å². The molecule has 10 nitrogen and oxygen atoms in total. The summed E-state index contributed by atoms with van der Waals surface area (Å²) in [5.41, 5.74) is 5.94. The summed E-state index contributed by atoms with van der Waals surface area (Å²) in [6.45, 7) is 1.03. The van der Waals surface area contributed by atoms with Gasteiger partial charge in [-0.1, -0.05) is 78.9 Å². The number of pyridine rings is 1. The fourth-order valence-electron chi connectivity index (χ4n) is 6.00. The van der Waals surface area contributed by atoms with Crippen LogP contribution >= 0.6 is 0 Å². The van der Waals surface area contributed by atoms with Gasteiger partial charge in [0.2, 0.25) is 5.56 Å². The smallest absolute Gasteiger partial charge is 0.405 e. The highest BCUT2D eigenvalue weighted by atomic mass is 16.5. The van der Waals surface area contributed by atoms with Crippen molar-refractivity contribution in [1.82, 2.24) is 15.6 Å². The number of aromatic hydroxyl groups is 1. The number of H-pyrrole nitrogens is 1. The van der Waals surface area contributed by atoms with Gasteiger partial charge in [-0.25, -0.2) is 4.79 Å². The first kappa shape index (κ1) is 33.8. The van der Waals surface area contributed by atoms with E-state index < -0.39 is 18.2 Å². The van der Waals surface area contributed by atoms with E-state index in [1.807, 2.05) is 91.0 Å². The van der Waals surface area contributed by atoms with Crippen LogP contribution in [0.25, 0.3) is 22.0 Å². The third-order valence-corrected chi connectivity index (χ3v) is 8.43. The van der Waals surface area contributed by atoms with Crippen LogP contribution in [0, 0.1) is 0 Å². The predicted octanol–water partition coefficient (Wildman–Crippen LogP) is 6.67. The Morgan fingerprint density at radius 2 is 1.64 bits per heavy atom. The molecule has 0 saturated carbocycles. The standard InChI is InChI=1S/C40H37N3O7/c1-49-36-20-26(24-50-30-12-6-11-29(21-30)38(43-40(47)48)27-8-3-2-4-9-27)13-14-31(36)28-10-5-7-25(19-28)22-41-23-35(45)32-15-17-34(44)39-33(32)16-18-37(46)42-39/h2-21,35,38,41,43-45H,22-24H2,1H3,(H,42,46)(H,47,48)/t35-,38-/m0/s1. The first-order chi connectivity index (χ1) is 24.3. The normalized spacial score (nSPS) is 12.3. The average Bonchev–Trinajstić information content (AvgIpc) is 3.13. The fourth-order valence-corrected chi connectivity index (χ4v) is 6.00. The van der Waals surface area contributed by atoms with Gasteiger partial charge in [0.15, 0.2) is 0 Å². The number of methoxy groups -OCH3 is 1. The lowest BCUT2D eigenvalue weighted by Crippen LogP contribution is -2.27. The molecular weight excluding hydrogens is 634 g/mol. The molecule has 6 aromatic rings. The van der Waals surface area contributed by atoms with Crippen LogP contribution in [0.5, 0.6) is 17.2 Å². The number of aliphatic hydroxyl groups excluding tert-OH is 1. The second-order valence-corrected chi connectivity index (χ2v) is 11.8. The number of aromatic amines is 1. The van der Waals surface area contributed by atoms with Crippen molar-refractivity contribution >= 4 is 17.0 Å². The molecule has 0 aliphatic rings. The number of carboxylic acid groups (broad SMARTS) is 1. The van der Waals surface area contributed by atoms with E-state index in [0.717, 1.165) is 33.4 Å². The molecule has 0 saturated heterocycles. The van der Waals surface area contributed by atoms with Gasteiger partial charge in [0.05, 0.1) is 24.8 Å². The Morgan fingerprint density at radius 3 is 2.44 bits per heavy atom. The topological polar surface area (TPSA) is 153 Å². The van der Waals surface area contributed by atoms with Crippen LogP contribution in [0.3, 0.4) is 0 Å². The highest BCUT2D eigenvalue weighted by Gasteiger charge is 2.18. The van der Waals surface area contributed by atoms with Crippen LogP contribution in [-0.2, 0) is 13.2 Å². The lowest BCUT2D eigenvalue weighted by Gasteiger charge is -2.19. The van der Waals surface area contributed by atoms with E-state index in [4.69, 9.17) is 9.47 Å². The average molecular weight is 672 g/mol. The van der Waals surface area contributed by atoms with E-state index in [-0.39, 0.29) is 24.5 Å². The van der Waals surface area contributed by atoms with Crippen LogP contribution in [0.1, 0.15) is 40.0 Å². The maximum atomic E-state index is 11.7. The molecule has 1 aromatic heterocycles. The van der Waals surface area contributed by atoms with Gasteiger partial charge in [0.25, 0.3) is 0 Å². The number of amides is 1. The summed E-state index contributed by atoms with van der Waals surface area (Å²) in [6, 6.07) is 36.3. The number of hydrogen-bond acceptors (Lipinski definition) is 7. The van der Waals surface area contributed by atoms with Crippen molar-refractivity contribution in [3.63, 3.8) is 0 Å². The third kappa shape index (κ3) is 7.95. The van der Waals surface area contributed by atoms with Crippen molar-refractivity contribution in [3.8, 4) is 28.4 Å². The first-order valence-corrected chi connectivity index (χ1v) is 16.1. The molecule has 1 amide bonds.